The van der Waals surface area contributed by atoms with Gasteiger partial charge < -0.3 is 0 Å². The molecule has 2 aliphatic rings. The summed E-state index contributed by atoms with van der Waals surface area (Å²) in [6.45, 7) is 0. The Bertz CT molecular complexity index is 492. The summed E-state index contributed by atoms with van der Waals surface area (Å²) < 4.78 is 0. The molecule has 4 heteroatoms. The molecule has 1 atom stereocenters. The third kappa shape index (κ3) is 2.31. The molecule has 1 heterocycles. The number of nitrogens with zero attached hydrogens (tertiary/aromatic N) is 2. The van der Waals surface area contributed by atoms with Gasteiger partial charge in [0, 0.05) is 18.8 Å². The van der Waals surface area contributed by atoms with Crippen molar-refractivity contribution in [1.29, 1.82) is 0 Å². The monoisotopic (exact) mass is 258 g/mol. The molecule has 100 valence electrons. The van der Waals surface area contributed by atoms with E-state index in [0.717, 1.165) is 6.42 Å². The lowest BCUT2D eigenvalue weighted by molar-refractivity contribution is -0.125. The van der Waals surface area contributed by atoms with Crippen LogP contribution in [-0.2, 0) is 4.79 Å². The summed E-state index contributed by atoms with van der Waals surface area (Å²) in [5.74, 6) is -0.420. The van der Waals surface area contributed by atoms with Crippen molar-refractivity contribution >= 4 is 11.6 Å². The molecule has 0 bridgehead atoms. The average molecular weight is 258 g/mol. The highest BCUT2D eigenvalue weighted by molar-refractivity contribution is 6.09. The van der Waals surface area contributed by atoms with Crippen LogP contribution in [0.5, 0.6) is 0 Å². The fraction of sp³-hybridized carbons (Fsp3) is 0.600. The van der Waals surface area contributed by atoms with E-state index in [4.69, 9.17) is 0 Å². The zero-order valence-electron chi connectivity index (χ0n) is 11.0. The van der Waals surface area contributed by atoms with Crippen LogP contribution in [0.4, 0.5) is 0 Å². The van der Waals surface area contributed by atoms with E-state index in [0.29, 0.717) is 12.8 Å². The molecule has 1 spiro atoms. The second kappa shape index (κ2) is 4.83. The van der Waals surface area contributed by atoms with Crippen LogP contribution in [0, 0.1) is 11.3 Å². The Kier molecular flexibility index (Phi) is 3.17. The standard InChI is InChI=1S/C15H18N2O2/c18-12-4-7-15(5-1-2-6-15)10-11(12)13(19)14-16-8-3-9-17-14/h3,8-9,11H,1-2,4-7,10H2. The van der Waals surface area contributed by atoms with Gasteiger partial charge in [0.2, 0.25) is 5.78 Å². The Balaban J connectivity index is 1.82. The van der Waals surface area contributed by atoms with Crippen molar-refractivity contribution in [1.82, 2.24) is 9.97 Å². The molecule has 0 radical (unpaired) electrons. The summed E-state index contributed by atoms with van der Waals surface area (Å²) in [5, 5.41) is 0. The molecule has 0 saturated heterocycles. The van der Waals surface area contributed by atoms with Gasteiger partial charge in [-0.05, 0) is 37.2 Å². The molecule has 0 aliphatic heterocycles. The highest BCUT2D eigenvalue weighted by atomic mass is 16.2. The highest BCUT2D eigenvalue weighted by Gasteiger charge is 2.44. The molecule has 1 unspecified atom stereocenters. The zero-order chi connectivity index (χ0) is 13.3. The minimum Gasteiger partial charge on any atom is -0.299 e. The molecule has 2 aliphatic carbocycles. The maximum absolute atomic E-state index is 12.4. The molecule has 3 rings (SSSR count). The van der Waals surface area contributed by atoms with Crippen LogP contribution in [0.25, 0.3) is 0 Å². The van der Waals surface area contributed by atoms with Crippen LogP contribution in [0.2, 0.25) is 0 Å². The second-order valence-corrected chi connectivity index (χ2v) is 5.87. The van der Waals surface area contributed by atoms with Crippen molar-refractivity contribution in [2.24, 2.45) is 11.3 Å². The molecule has 2 saturated carbocycles. The fourth-order valence-corrected chi connectivity index (χ4v) is 3.61. The van der Waals surface area contributed by atoms with E-state index in [1.165, 1.54) is 25.7 Å². The summed E-state index contributed by atoms with van der Waals surface area (Å²) in [4.78, 5) is 32.5. The van der Waals surface area contributed by atoms with Crippen LogP contribution < -0.4 is 0 Å². The number of rotatable bonds is 2. The number of carbonyl (C=O) groups is 2. The van der Waals surface area contributed by atoms with E-state index < -0.39 is 5.92 Å². The smallest absolute Gasteiger partial charge is 0.210 e. The molecular formula is C15H18N2O2. The average Bonchev–Trinajstić information content (AvgIpc) is 2.90. The lowest BCUT2D eigenvalue weighted by atomic mass is 9.67. The SMILES string of the molecule is O=C1CCC2(CCCC2)CC1C(=O)c1ncccn1. The van der Waals surface area contributed by atoms with Gasteiger partial charge >= 0.3 is 0 Å². The first kappa shape index (κ1) is 12.5. The van der Waals surface area contributed by atoms with Crippen molar-refractivity contribution in [2.45, 2.75) is 44.9 Å². The fourth-order valence-electron chi connectivity index (χ4n) is 3.61. The van der Waals surface area contributed by atoms with Gasteiger partial charge in [0.15, 0.2) is 5.82 Å². The number of Topliss-reactive ketones (excluding diaryl/α,β-unsaturated/α-hetero) is 2. The maximum atomic E-state index is 12.4. The quantitative estimate of drug-likeness (QED) is 0.604. The molecular weight excluding hydrogens is 240 g/mol. The molecule has 1 aromatic rings. The predicted molar refractivity (Wildman–Crippen MR) is 69.6 cm³/mol. The lowest BCUT2D eigenvalue weighted by Gasteiger charge is -2.36. The normalized spacial score (nSPS) is 25.7. The van der Waals surface area contributed by atoms with Gasteiger partial charge in [-0.1, -0.05) is 12.8 Å². The summed E-state index contributed by atoms with van der Waals surface area (Å²) >= 11 is 0. The van der Waals surface area contributed by atoms with Crippen molar-refractivity contribution in [3.63, 3.8) is 0 Å². The Morgan fingerprint density at radius 3 is 2.53 bits per heavy atom. The first-order valence-corrected chi connectivity index (χ1v) is 7.04. The number of hydrogen-bond acceptors (Lipinski definition) is 4. The minimum atomic E-state index is -0.505. The molecule has 4 nitrogen and oxygen atoms in total. The predicted octanol–water partition coefficient (Wildman–Crippen LogP) is 2.59. The Hall–Kier alpha value is -1.58. The van der Waals surface area contributed by atoms with E-state index in [1.807, 2.05) is 0 Å². The summed E-state index contributed by atoms with van der Waals surface area (Å²) in [5.41, 5.74) is 0.239. The van der Waals surface area contributed by atoms with E-state index >= 15 is 0 Å². The first-order valence-electron chi connectivity index (χ1n) is 7.04. The van der Waals surface area contributed by atoms with Crippen LogP contribution in [0.15, 0.2) is 18.5 Å². The van der Waals surface area contributed by atoms with E-state index in [2.05, 4.69) is 9.97 Å². The Morgan fingerprint density at radius 2 is 1.84 bits per heavy atom. The van der Waals surface area contributed by atoms with Crippen molar-refractivity contribution in [3.8, 4) is 0 Å². The van der Waals surface area contributed by atoms with Crippen molar-refractivity contribution < 1.29 is 9.59 Å². The molecule has 19 heavy (non-hydrogen) atoms. The molecule has 0 aromatic carbocycles. The van der Waals surface area contributed by atoms with Crippen molar-refractivity contribution in [2.75, 3.05) is 0 Å². The topological polar surface area (TPSA) is 59.9 Å². The van der Waals surface area contributed by atoms with Gasteiger partial charge in [-0.25, -0.2) is 9.97 Å². The van der Waals surface area contributed by atoms with Crippen LogP contribution in [-0.4, -0.2) is 21.5 Å². The molecule has 0 N–H and O–H groups in total. The highest BCUT2D eigenvalue weighted by Crippen LogP contribution is 2.50. The van der Waals surface area contributed by atoms with Gasteiger partial charge in [-0.2, -0.15) is 0 Å². The van der Waals surface area contributed by atoms with Gasteiger partial charge in [0.05, 0.1) is 5.92 Å². The number of ketones is 2. The van der Waals surface area contributed by atoms with Gasteiger partial charge in [0.1, 0.15) is 5.78 Å². The largest absolute Gasteiger partial charge is 0.299 e. The third-order valence-electron chi connectivity index (χ3n) is 4.69. The number of carbonyl (C=O) groups excluding carboxylic acids is 2. The summed E-state index contributed by atoms with van der Waals surface area (Å²) in [6.07, 6.45) is 10.1. The zero-order valence-corrected chi connectivity index (χ0v) is 11.0. The Labute approximate surface area is 112 Å². The lowest BCUT2D eigenvalue weighted by Crippen LogP contribution is -2.37. The number of aromatic nitrogens is 2. The van der Waals surface area contributed by atoms with E-state index in [1.54, 1.807) is 18.5 Å². The summed E-state index contributed by atoms with van der Waals surface area (Å²) in [6, 6.07) is 1.68. The second-order valence-electron chi connectivity index (χ2n) is 5.87. The van der Waals surface area contributed by atoms with Crippen LogP contribution in [0.3, 0.4) is 0 Å². The Morgan fingerprint density at radius 1 is 1.16 bits per heavy atom. The van der Waals surface area contributed by atoms with Crippen molar-refractivity contribution in [3.05, 3.63) is 24.3 Å². The first-order chi connectivity index (χ1) is 9.20. The number of hydrogen-bond donors (Lipinski definition) is 0. The molecule has 1 aromatic heterocycles. The maximum Gasteiger partial charge on any atom is 0.210 e. The van der Waals surface area contributed by atoms with Crippen LogP contribution >= 0.6 is 0 Å². The molecule has 0 amide bonds. The molecule has 2 fully saturated rings. The van der Waals surface area contributed by atoms with Gasteiger partial charge in [0.25, 0.3) is 0 Å². The minimum absolute atomic E-state index is 0.0787. The van der Waals surface area contributed by atoms with E-state index in [-0.39, 0.29) is 22.8 Å². The summed E-state index contributed by atoms with van der Waals surface area (Å²) in [7, 11) is 0. The third-order valence-corrected chi connectivity index (χ3v) is 4.69. The van der Waals surface area contributed by atoms with E-state index in [9.17, 15) is 9.59 Å². The van der Waals surface area contributed by atoms with Crippen LogP contribution in [0.1, 0.15) is 55.6 Å². The van der Waals surface area contributed by atoms with Gasteiger partial charge in [-0.15, -0.1) is 0 Å². The van der Waals surface area contributed by atoms with Gasteiger partial charge in [-0.3, -0.25) is 9.59 Å².